The topological polar surface area (TPSA) is 31.9 Å². The summed E-state index contributed by atoms with van der Waals surface area (Å²) in [7, 11) is 1.04. The Morgan fingerprint density at radius 3 is 3.06 bits per heavy atom. The van der Waals surface area contributed by atoms with Crippen molar-refractivity contribution < 1.29 is 0 Å². The number of aromatic amines is 1. The van der Waals surface area contributed by atoms with Gasteiger partial charge in [-0.2, -0.15) is 5.10 Å². The molecule has 18 heavy (non-hydrogen) atoms. The van der Waals surface area contributed by atoms with Crippen LogP contribution in [0.5, 0.6) is 0 Å². The van der Waals surface area contributed by atoms with Gasteiger partial charge in [-0.15, -0.1) is 0 Å². The van der Waals surface area contributed by atoms with Crippen molar-refractivity contribution in [3.8, 4) is 0 Å². The second kappa shape index (κ2) is 4.28. The maximum atomic E-state index is 6.20. The zero-order valence-corrected chi connectivity index (χ0v) is 12.4. The van der Waals surface area contributed by atoms with Gasteiger partial charge in [-0.3, -0.25) is 5.10 Å². The van der Waals surface area contributed by atoms with Gasteiger partial charge in [0.1, 0.15) is 0 Å². The van der Waals surface area contributed by atoms with Crippen molar-refractivity contribution in [2.45, 2.75) is 24.9 Å². The third kappa shape index (κ3) is 2.15. The molecule has 1 aliphatic heterocycles. The summed E-state index contributed by atoms with van der Waals surface area (Å²) in [6, 6.07) is 5.26. The van der Waals surface area contributed by atoms with Crippen molar-refractivity contribution >= 4 is 37.7 Å². The molecule has 1 N–H and O–H groups in total. The molecule has 0 spiro atoms. The normalized spacial score (nSPS) is 19.4. The number of benzene rings is 1. The molecule has 94 valence electrons. The Balaban J connectivity index is 2.05. The van der Waals surface area contributed by atoms with Gasteiger partial charge >= 0.3 is 0 Å². The Hall–Kier alpha value is -1.00. The van der Waals surface area contributed by atoms with E-state index in [1.807, 2.05) is 12.3 Å². The standard InChI is InChI=1S/C13H16ClN3Si/c1-13(2)8-17(3-4-18-13)12-6-9(14)5-11-10(12)7-15-16-11/h5-7H,3-4,8H2,1-2H3,(H,15,16). The van der Waals surface area contributed by atoms with Crippen molar-refractivity contribution in [1.29, 1.82) is 0 Å². The van der Waals surface area contributed by atoms with Gasteiger partial charge in [0.15, 0.2) is 0 Å². The van der Waals surface area contributed by atoms with Crippen LogP contribution in [0.2, 0.25) is 16.1 Å². The second-order valence-electron chi connectivity index (χ2n) is 5.49. The van der Waals surface area contributed by atoms with Crippen LogP contribution in [-0.2, 0) is 0 Å². The molecule has 3 nitrogen and oxygen atoms in total. The number of H-pyrrole nitrogens is 1. The molecule has 2 aromatic rings. The number of nitrogens with zero attached hydrogens (tertiary/aromatic N) is 2. The molecular formula is C13H16ClN3Si. The minimum absolute atomic E-state index is 0.399. The van der Waals surface area contributed by atoms with Gasteiger partial charge in [0.05, 0.1) is 11.7 Å². The van der Waals surface area contributed by atoms with Gasteiger partial charge in [-0.05, 0) is 23.2 Å². The fourth-order valence-corrected chi connectivity index (χ4v) is 4.18. The highest BCUT2D eigenvalue weighted by atomic mass is 35.5. The number of rotatable bonds is 1. The highest BCUT2D eigenvalue weighted by Crippen LogP contribution is 2.36. The second-order valence-corrected chi connectivity index (χ2v) is 8.13. The maximum Gasteiger partial charge on any atom is 0.0686 e. The van der Waals surface area contributed by atoms with E-state index >= 15 is 0 Å². The summed E-state index contributed by atoms with van der Waals surface area (Å²) in [6.45, 7) is 6.89. The minimum Gasteiger partial charge on any atom is -0.371 e. The van der Waals surface area contributed by atoms with Crippen molar-refractivity contribution in [1.82, 2.24) is 10.2 Å². The Kier molecular flexibility index (Phi) is 2.87. The Morgan fingerprint density at radius 2 is 2.28 bits per heavy atom. The molecule has 2 radical (unpaired) electrons. The first-order chi connectivity index (χ1) is 8.55. The van der Waals surface area contributed by atoms with Crippen LogP contribution in [0.25, 0.3) is 10.9 Å². The molecule has 0 saturated carbocycles. The number of hydrogen-bond donors (Lipinski definition) is 1. The van der Waals surface area contributed by atoms with Gasteiger partial charge in [0.25, 0.3) is 0 Å². The first kappa shape index (κ1) is 12.1. The fourth-order valence-electron chi connectivity index (χ4n) is 2.61. The molecule has 1 fully saturated rings. The molecule has 0 unspecified atom stereocenters. The van der Waals surface area contributed by atoms with E-state index < -0.39 is 0 Å². The van der Waals surface area contributed by atoms with Gasteiger partial charge in [0.2, 0.25) is 0 Å². The molecule has 1 saturated heterocycles. The van der Waals surface area contributed by atoms with Crippen LogP contribution in [0.4, 0.5) is 5.69 Å². The molecule has 0 amide bonds. The largest absolute Gasteiger partial charge is 0.371 e. The van der Waals surface area contributed by atoms with E-state index in [9.17, 15) is 0 Å². The average molecular weight is 278 g/mol. The number of aromatic nitrogens is 2. The molecule has 1 aliphatic rings. The van der Waals surface area contributed by atoms with Crippen LogP contribution >= 0.6 is 11.6 Å². The number of anilines is 1. The van der Waals surface area contributed by atoms with E-state index in [2.05, 4.69) is 35.0 Å². The van der Waals surface area contributed by atoms with Crippen molar-refractivity contribution in [2.75, 3.05) is 18.0 Å². The van der Waals surface area contributed by atoms with Crippen molar-refractivity contribution in [3.05, 3.63) is 23.4 Å². The lowest BCUT2D eigenvalue weighted by molar-refractivity contribution is 0.605. The Labute approximate surface area is 114 Å². The molecular weight excluding hydrogens is 262 g/mol. The Morgan fingerprint density at radius 1 is 1.44 bits per heavy atom. The predicted molar refractivity (Wildman–Crippen MR) is 77.9 cm³/mol. The van der Waals surface area contributed by atoms with Crippen LogP contribution in [0, 0.1) is 0 Å². The summed E-state index contributed by atoms with van der Waals surface area (Å²) in [5.41, 5.74) is 2.23. The van der Waals surface area contributed by atoms with Crippen LogP contribution in [0.15, 0.2) is 18.3 Å². The quantitative estimate of drug-likeness (QED) is 0.811. The molecule has 1 aromatic heterocycles. The van der Waals surface area contributed by atoms with E-state index in [4.69, 9.17) is 11.6 Å². The molecule has 3 rings (SSSR count). The molecule has 0 atom stereocenters. The van der Waals surface area contributed by atoms with Crippen LogP contribution in [0.3, 0.4) is 0 Å². The summed E-state index contributed by atoms with van der Waals surface area (Å²) < 4.78 is 0. The monoisotopic (exact) mass is 277 g/mol. The van der Waals surface area contributed by atoms with Gasteiger partial charge in [-0.1, -0.05) is 25.4 Å². The SMILES string of the molecule is CC1(C)CN(c2cc(Cl)cc3[nH]ncc23)CC[Si]1. The summed E-state index contributed by atoms with van der Waals surface area (Å²) >= 11 is 6.20. The zero-order chi connectivity index (χ0) is 12.8. The Bertz CT molecular complexity index is 579. The van der Waals surface area contributed by atoms with E-state index in [1.54, 1.807) is 0 Å². The van der Waals surface area contributed by atoms with Crippen LogP contribution in [0.1, 0.15) is 13.8 Å². The molecule has 0 aliphatic carbocycles. The predicted octanol–water partition coefficient (Wildman–Crippen LogP) is 3.36. The van der Waals surface area contributed by atoms with Gasteiger partial charge in [0, 0.05) is 38.7 Å². The fraction of sp³-hybridized carbons (Fsp3) is 0.462. The van der Waals surface area contributed by atoms with Crippen LogP contribution in [-0.4, -0.2) is 32.8 Å². The number of nitrogens with one attached hydrogen (secondary N) is 1. The summed E-state index contributed by atoms with van der Waals surface area (Å²) in [5, 5.41) is 9.46. The van der Waals surface area contributed by atoms with E-state index in [-0.39, 0.29) is 0 Å². The molecule has 0 bridgehead atoms. The molecule has 5 heteroatoms. The summed E-state index contributed by atoms with van der Waals surface area (Å²) in [4.78, 5) is 2.44. The van der Waals surface area contributed by atoms with E-state index in [0.29, 0.717) is 5.04 Å². The number of halogens is 1. The van der Waals surface area contributed by atoms with Crippen molar-refractivity contribution in [2.24, 2.45) is 0 Å². The average Bonchev–Trinajstić information content (AvgIpc) is 2.74. The van der Waals surface area contributed by atoms with E-state index in [1.165, 1.54) is 17.1 Å². The zero-order valence-electron chi connectivity index (χ0n) is 10.6. The summed E-state index contributed by atoms with van der Waals surface area (Å²) in [5.74, 6) is 0. The van der Waals surface area contributed by atoms with Gasteiger partial charge < -0.3 is 4.90 Å². The molecule has 2 heterocycles. The highest BCUT2D eigenvalue weighted by molar-refractivity contribution is 6.40. The van der Waals surface area contributed by atoms with Gasteiger partial charge in [-0.25, -0.2) is 0 Å². The van der Waals surface area contributed by atoms with E-state index in [0.717, 1.165) is 33.1 Å². The van der Waals surface area contributed by atoms with Crippen molar-refractivity contribution in [3.63, 3.8) is 0 Å². The van der Waals surface area contributed by atoms with Crippen LogP contribution < -0.4 is 4.90 Å². The first-order valence-corrected chi connectivity index (χ1v) is 7.76. The minimum atomic E-state index is 0.399. The lowest BCUT2D eigenvalue weighted by Gasteiger charge is -2.39. The first-order valence-electron chi connectivity index (χ1n) is 6.18. The molecule has 1 aromatic carbocycles. The lowest BCUT2D eigenvalue weighted by atomic mass is 10.1. The third-order valence-electron chi connectivity index (χ3n) is 3.41. The smallest absolute Gasteiger partial charge is 0.0686 e. The number of fused-ring (bicyclic) bond motifs is 1. The lowest BCUT2D eigenvalue weighted by Crippen LogP contribution is -2.40. The summed E-state index contributed by atoms with van der Waals surface area (Å²) in [6.07, 6.45) is 1.89. The number of hydrogen-bond acceptors (Lipinski definition) is 2. The third-order valence-corrected chi connectivity index (χ3v) is 5.22. The highest BCUT2D eigenvalue weighted by Gasteiger charge is 2.28. The maximum absolute atomic E-state index is 6.20.